The molecule has 0 radical (unpaired) electrons. The Morgan fingerprint density at radius 2 is 0.953 bits per heavy atom. The van der Waals surface area contributed by atoms with Crippen molar-refractivity contribution in [3.05, 3.63) is 0 Å². The first-order chi connectivity index (χ1) is 31.1. The number of hydrogen-bond donors (Lipinski definition) is 0. The summed E-state index contributed by atoms with van der Waals surface area (Å²) in [5, 5.41) is 0. The Balaban J connectivity index is 2.44. The lowest BCUT2D eigenvalue weighted by atomic mass is 10.0. The second-order valence-electron chi connectivity index (χ2n) is 19.4. The van der Waals surface area contributed by atoms with Crippen LogP contribution in [-0.2, 0) is 38.1 Å². The SMILES string of the molecule is CCCCCCCCCCC(CC)OC(=O)CCCCCN1C[C@@H](OC(=O)CCN(C)C)C[C@H]1C(=O)OCCCCCCCC(=O)OC(CCCCCCCC)CCCCCCCC. The van der Waals surface area contributed by atoms with Gasteiger partial charge in [-0.15, -0.1) is 0 Å². The van der Waals surface area contributed by atoms with Gasteiger partial charge in [0.05, 0.1) is 13.0 Å². The second-order valence-corrected chi connectivity index (χ2v) is 19.4. The molecule has 0 aliphatic carbocycles. The molecule has 10 heteroatoms. The molecule has 10 nitrogen and oxygen atoms in total. The third-order valence-electron chi connectivity index (χ3n) is 13.0. The van der Waals surface area contributed by atoms with Crippen LogP contribution in [0.5, 0.6) is 0 Å². The molecule has 1 unspecified atom stereocenters. The van der Waals surface area contributed by atoms with E-state index in [1.54, 1.807) is 0 Å². The quantitative estimate of drug-likeness (QED) is 0.0333. The van der Waals surface area contributed by atoms with E-state index in [1.807, 2.05) is 19.0 Å². The molecule has 1 aliphatic heterocycles. The Labute approximate surface area is 394 Å². The molecule has 1 rings (SSSR count). The molecule has 1 heterocycles. The number of hydrogen-bond acceptors (Lipinski definition) is 10. The first-order valence-corrected chi connectivity index (χ1v) is 27.3. The fourth-order valence-electron chi connectivity index (χ4n) is 8.84. The van der Waals surface area contributed by atoms with Gasteiger partial charge in [-0.2, -0.15) is 0 Å². The molecule has 0 aromatic carbocycles. The summed E-state index contributed by atoms with van der Waals surface area (Å²) < 4.78 is 23.5. The number of carbonyl (C=O) groups excluding carboxylic acids is 4. The van der Waals surface area contributed by atoms with Crippen molar-refractivity contribution in [2.24, 2.45) is 0 Å². The molecule has 1 saturated heterocycles. The van der Waals surface area contributed by atoms with E-state index in [2.05, 4.69) is 32.6 Å². The zero-order chi connectivity index (χ0) is 46.9. The van der Waals surface area contributed by atoms with Gasteiger partial charge in [0, 0.05) is 32.4 Å². The van der Waals surface area contributed by atoms with Gasteiger partial charge in [-0.05, 0) is 91.3 Å². The molecule has 0 spiro atoms. The van der Waals surface area contributed by atoms with Crippen molar-refractivity contribution >= 4 is 23.9 Å². The first kappa shape index (κ1) is 59.8. The molecule has 0 N–H and O–H groups in total. The van der Waals surface area contributed by atoms with Crippen LogP contribution in [0.15, 0.2) is 0 Å². The van der Waals surface area contributed by atoms with Crippen molar-refractivity contribution in [2.75, 3.05) is 40.3 Å². The summed E-state index contributed by atoms with van der Waals surface area (Å²) >= 11 is 0. The molecule has 1 fully saturated rings. The van der Waals surface area contributed by atoms with E-state index in [-0.39, 0.29) is 42.2 Å². The summed E-state index contributed by atoms with van der Waals surface area (Å²) in [4.78, 5) is 55.5. The van der Waals surface area contributed by atoms with E-state index in [0.29, 0.717) is 51.9 Å². The zero-order valence-electron chi connectivity index (χ0n) is 42.8. The van der Waals surface area contributed by atoms with Gasteiger partial charge in [0.2, 0.25) is 0 Å². The number of carbonyl (C=O) groups is 4. The number of nitrogens with zero attached hydrogens (tertiary/aromatic N) is 2. The van der Waals surface area contributed by atoms with E-state index < -0.39 is 6.04 Å². The fraction of sp³-hybridized carbons (Fsp3) is 0.926. The van der Waals surface area contributed by atoms with Gasteiger partial charge in [-0.3, -0.25) is 24.1 Å². The van der Waals surface area contributed by atoms with E-state index >= 15 is 0 Å². The standard InChI is InChI=1S/C54H102N2O8/c1-7-11-14-17-20-21-25-29-36-47(10-4)62-51(57)40-33-28-34-42-56-46-49(64-53(59)41-43-55(5)6)45-50(56)54(60)61-44-35-27-22-26-32-39-52(58)63-48(37-30-23-18-15-12-8-2)38-31-24-19-16-13-9-3/h47-50H,7-46H2,1-6H3/t47?,49-,50-/m0/s1. The van der Waals surface area contributed by atoms with Gasteiger partial charge in [-0.1, -0.05) is 163 Å². The zero-order valence-corrected chi connectivity index (χ0v) is 42.8. The highest BCUT2D eigenvalue weighted by molar-refractivity contribution is 5.76. The van der Waals surface area contributed by atoms with Crippen molar-refractivity contribution in [3.63, 3.8) is 0 Å². The highest BCUT2D eigenvalue weighted by atomic mass is 16.6. The molecule has 0 amide bonds. The third-order valence-corrected chi connectivity index (χ3v) is 13.0. The molecule has 64 heavy (non-hydrogen) atoms. The lowest BCUT2D eigenvalue weighted by Gasteiger charge is -2.22. The molecule has 0 bridgehead atoms. The highest BCUT2D eigenvalue weighted by Gasteiger charge is 2.39. The molecule has 376 valence electrons. The maximum atomic E-state index is 13.4. The minimum absolute atomic E-state index is 0.00833. The van der Waals surface area contributed by atoms with Gasteiger partial charge >= 0.3 is 23.9 Å². The Bertz CT molecular complexity index is 1120. The summed E-state index contributed by atoms with van der Waals surface area (Å²) in [7, 11) is 3.86. The van der Waals surface area contributed by atoms with Gasteiger partial charge < -0.3 is 23.8 Å². The number of likely N-dealkylation sites (tertiary alicyclic amines) is 1. The van der Waals surface area contributed by atoms with Crippen LogP contribution >= 0.6 is 0 Å². The van der Waals surface area contributed by atoms with Gasteiger partial charge in [-0.25, -0.2) is 0 Å². The Hall–Kier alpha value is -2.20. The lowest BCUT2D eigenvalue weighted by Crippen LogP contribution is -2.38. The largest absolute Gasteiger partial charge is 0.465 e. The molecule has 0 aromatic rings. The predicted octanol–water partition coefficient (Wildman–Crippen LogP) is 13.6. The summed E-state index contributed by atoms with van der Waals surface area (Å²) in [5.74, 6) is -0.654. The Morgan fingerprint density at radius 3 is 1.45 bits per heavy atom. The maximum Gasteiger partial charge on any atom is 0.323 e. The Morgan fingerprint density at radius 1 is 0.516 bits per heavy atom. The van der Waals surface area contributed by atoms with Crippen molar-refractivity contribution in [1.82, 2.24) is 9.80 Å². The van der Waals surface area contributed by atoms with Gasteiger partial charge in [0.1, 0.15) is 24.4 Å². The summed E-state index contributed by atoms with van der Waals surface area (Å²) in [6.07, 6.45) is 37.3. The monoisotopic (exact) mass is 907 g/mol. The number of esters is 4. The van der Waals surface area contributed by atoms with E-state index in [9.17, 15) is 19.2 Å². The third kappa shape index (κ3) is 34.2. The normalized spacial score (nSPS) is 15.8. The van der Waals surface area contributed by atoms with Crippen LogP contribution < -0.4 is 0 Å². The predicted molar refractivity (Wildman–Crippen MR) is 263 cm³/mol. The molecule has 0 aromatic heterocycles. The number of rotatable bonds is 45. The van der Waals surface area contributed by atoms with Crippen LogP contribution in [0.2, 0.25) is 0 Å². The first-order valence-electron chi connectivity index (χ1n) is 27.3. The summed E-state index contributed by atoms with van der Waals surface area (Å²) in [5.41, 5.74) is 0. The minimum Gasteiger partial charge on any atom is -0.465 e. The van der Waals surface area contributed by atoms with E-state index in [1.165, 1.54) is 109 Å². The minimum atomic E-state index is -0.449. The second kappa shape index (κ2) is 42.2. The topological polar surface area (TPSA) is 112 Å². The summed E-state index contributed by atoms with van der Waals surface area (Å²) in [6, 6.07) is -0.449. The van der Waals surface area contributed by atoms with Crippen molar-refractivity contribution in [2.45, 2.75) is 283 Å². The number of unbranched alkanes of at least 4 members (excludes halogenated alkanes) is 23. The van der Waals surface area contributed by atoms with Crippen LogP contribution in [0.3, 0.4) is 0 Å². The van der Waals surface area contributed by atoms with Crippen LogP contribution in [0.25, 0.3) is 0 Å². The molecule has 0 saturated carbocycles. The fourth-order valence-corrected chi connectivity index (χ4v) is 8.84. The van der Waals surface area contributed by atoms with Crippen molar-refractivity contribution in [1.29, 1.82) is 0 Å². The summed E-state index contributed by atoms with van der Waals surface area (Å²) in [6.45, 7) is 11.0. The van der Waals surface area contributed by atoms with Crippen LogP contribution in [0.4, 0.5) is 0 Å². The molecular weight excluding hydrogens is 805 g/mol. The average molecular weight is 907 g/mol. The van der Waals surface area contributed by atoms with Crippen molar-refractivity contribution in [3.8, 4) is 0 Å². The van der Waals surface area contributed by atoms with Gasteiger partial charge in [0.15, 0.2) is 0 Å². The highest BCUT2D eigenvalue weighted by Crippen LogP contribution is 2.24. The van der Waals surface area contributed by atoms with Crippen molar-refractivity contribution < 1.29 is 38.1 Å². The molecular formula is C54H102N2O8. The molecule has 1 aliphatic rings. The van der Waals surface area contributed by atoms with Crippen LogP contribution in [0.1, 0.15) is 259 Å². The van der Waals surface area contributed by atoms with E-state index in [0.717, 1.165) is 96.3 Å². The average Bonchev–Trinajstić information content (AvgIpc) is 3.68. The lowest BCUT2D eigenvalue weighted by molar-refractivity contribution is -0.151. The molecule has 3 atom stereocenters. The van der Waals surface area contributed by atoms with Gasteiger partial charge in [0.25, 0.3) is 0 Å². The smallest absolute Gasteiger partial charge is 0.323 e. The maximum absolute atomic E-state index is 13.4. The van der Waals surface area contributed by atoms with Crippen LogP contribution in [0, 0.1) is 0 Å². The Kier molecular flexibility index (Phi) is 39.4. The van der Waals surface area contributed by atoms with Crippen LogP contribution in [-0.4, -0.2) is 98.4 Å². The number of ether oxygens (including phenoxy) is 4. The van der Waals surface area contributed by atoms with E-state index in [4.69, 9.17) is 18.9 Å².